The van der Waals surface area contributed by atoms with Gasteiger partial charge in [0.15, 0.2) is 5.78 Å². The Morgan fingerprint density at radius 2 is 1.90 bits per heavy atom. The highest BCUT2D eigenvalue weighted by atomic mass is 16.5. The van der Waals surface area contributed by atoms with E-state index in [0.29, 0.717) is 0 Å². The standard InChI is InChI=1S/C17H17NO2/c1-20-13-8-6-12(7-9-13)17(19)15-10-11-18-16-5-3-2-4-14(15)16/h2-9,15,18H,10-11H2,1H3. The van der Waals surface area contributed by atoms with Crippen molar-refractivity contribution in [3.63, 3.8) is 0 Å². The van der Waals surface area contributed by atoms with E-state index in [2.05, 4.69) is 5.32 Å². The van der Waals surface area contributed by atoms with Crippen LogP contribution >= 0.6 is 0 Å². The third kappa shape index (κ3) is 2.27. The van der Waals surface area contributed by atoms with Crippen LogP contribution < -0.4 is 10.1 Å². The maximum atomic E-state index is 12.7. The summed E-state index contributed by atoms with van der Waals surface area (Å²) >= 11 is 0. The number of para-hydroxylation sites is 1. The minimum absolute atomic E-state index is 0.0548. The van der Waals surface area contributed by atoms with Gasteiger partial charge >= 0.3 is 0 Å². The number of hydrogen-bond donors (Lipinski definition) is 1. The summed E-state index contributed by atoms with van der Waals surface area (Å²) in [5.74, 6) is 0.898. The molecule has 1 heterocycles. The largest absolute Gasteiger partial charge is 0.497 e. The van der Waals surface area contributed by atoms with Crippen LogP contribution in [0.4, 0.5) is 5.69 Å². The van der Waals surface area contributed by atoms with Crippen LogP contribution in [-0.4, -0.2) is 19.4 Å². The number of carbonyl (C=O) groups excluding carboxylic acids is 1. The van der Waals surface area contributed by atoms with Gasteiger partial charge in [-0.25, -0.2) is 0 Å². The molecule has 0 aliphatic carbocycles. The molecule has 0 bridgehead atoms. The first-order chi connectivity index (χ1) is 9.79. The zero-order valence-electron chi connectivity index (χ0n) is 11.4. The third-order valence-electron chi connectivity index (χ3n) is 3.78. The second-order valence-electron chi connectivity index (χ2n) is 4.95. The number of ketones is 1. The molecule has 1 atom stereocenters. The van der Waals surface area contributed by atoms with Gasteiger partial charge in [0.1, 0.15) is 5.75 Å². The summed E-state index contributed by atoms with van der Waals surface area (Å²) in [6.07, 6.45) is 0.835. The van der Waals surface area contributed by atoms with Gasteiger partial charge in [-0.05, 0) is 42.3 Å². The van der Waals surface area contributed by atoms with Gasteiger partial charge in [-0.1, -0.05) is 18.2 Å². The van der Waals surface area contributed by atoms with Crippen molar-refractivity contribution in [3.05, 3.63) is 59.7 Å². The number of carbonyl (C=O) groups is 1. The lowest BCUT2D eigenvalue weighted by Gasteiger charge is -2.25. The van der Waals surface area contributed by atoms with Crippen LogP contribution in [0.3, 0.4) is 0 Å². The average molecular weight is 267 g/mol. The molecular formula is C17H17NO2. The maximum absolute atomic E-state index is 12.7. The SMILES string of the molecule is COc1ccc(C(=O)C2CCNc3ccccc32)cc1. The summed E-state index contributed by atoms with van der Waals surface area (Å²) in [6, 6.07) is 15.4. The maximum Gasteiger partial charge on any atom is 0.170 e. The summed E-state index contributed by atoms with van der Waals surface area (Å²) in [7, 11) is 1.62. The number of rotatable bonds is 3. The predicted octanol–water partition coefficient (Wildman–Crippen LogP) is 3.48. The molecule has 1 N–H and O–H groups in total. The van der Waals surface area contributed by atoms with E-state index in [1.54, 1.807) is 7.11 Å². The summed E-state index contributed by atoms with van der Waals surface area (Å²) in [5, 5.41) is 3.34. The average Bonchev–Trinajstić information content (AvgIpc) is 2.54. The topological polar surface area (TPSA) is 38.3 Å². The summed E-state index contributed by atoms with van der Waals surface area (Å²) in [6.45, 7) is 0.837. The van der Waals surface area contributed by atoms with Crippen molar-refractivity contribution in [2.24, 2.45) is 0 Å². The molecule has 0 amide bonds. The second-order valence-corrected chi connectivity index (χ2v) is 4.95. The highest BCUT2D eigenvalue weighted by molar-refractivity contribution is 6.02. The van der Waals surface area contributed by atoms with E-state index in [0.717, 1.165) is 35.5 Å². The number of nitrogens with one attached hydrogen (secondary N) is 1. The van der Waals surface area contributed by atoms with Crippen LogP contribution in [0, 0.1) is 0 Å². The molecule has 3 heteroatoms. The monoisotopic (exact) mass is 267 g/mol. The van der Waals surface area contributed by atoms with Gasteiger partial charge in [-0.15, -0.1) is 0 Å². The molecule has 3 rings (SSSR count). The van der Waals surface area contributed by atoms with Gasteiger partial charge in [0.25, 0.3) is 0 Å². The second kappa shape index (κ2) is 5.37. The molecule has 0 fully saturated rings. The number of ether oxygens (including phenoxy) is 1. The number of Topliss-reactive ketones (excluding diaryl/α,β-unsaturated/α-hetero) is 1. The van der Waals surface area contributed by atoms with Crippen LogP contribution in [0.5, 0.6) is 5.75 Å². The van der Waals surface area contributed by atoms with Crippen molar-refractivity contribution in [1.29, 1.82) is 0 Å². The van der Waals surface area contributed by atoms with E-state index < -0.39 is 0 Å². The normalized spacial score (nSPS) is 16.9. The van der Waals surface area contributed by atoms with Crippen LogP contribution in [0.2, 0.25) is 0 Å². The van der Waals surface area contributed by atoms with Crippen LogP contribution in [-0.2, 0) is 0 Å². The summed E-state index contributed by atoms with van der Waals surface area (Å²) in [5.41, 5.74) is 2.91. The van der Waals surface area contributed by atoms with E-state index >= 15 is 0 Å². The van der Waals surface area contributed by atoms with Crippen LogP contribution in [0.15, 0.2) is 48.5 Å². The van der Waals surface area contributed by atoms with Crippen LogP contribution in [0.25, 0.3) is 0 Å². The van der Waals surface area contributed by atoms with Gasteiger partial charge < -0.3 is 10.1 Å². The fourth-order valence-corrected chi connectivity index (χ4v) is 2.70. The number of hydrogen-bond acceptors (Lipinski definition) is 3. The lowest BCUT2D eigenvalue weighted by atomic mass is 9.85. The van der Waals surface area contributed by atoms with Gasteiger partial charge in [-0.3, -0.25) is 4.79 Å². The van der Waals surface area contributed by atoms with Crippen molar-refractivity contribution in [3.8, 4) is 5.75 Å². The van der Waals surface area contributed by atoms with Gasteiger partial charge in [0.05, 0.1) is 13.0 Å². The van der Waals surface area contributed by atoms with Crippen molar-refractivity contribution >= 4 is 11.5 Å². The first-order valence-electron chi connectivity index (χ1n) is 6.80. The molecule has 0 aromatic heterocycles. The smallest absolute Gasteiger partial charge is 0.170 e. The molecule has 2 aromatic rings. The fraction of sp³-hybridized carbons (Fsp3) is 0.235. The molecular weight excluding hydrogens is 250 g/mol. The van der Waals surface area contributed by atoms with Crippen molar-refractivity contribution in [2.75, 3.05) is 19.0 Å². The Balaban J connectivity index is 1.91. The Morgan fingerprint density at radius 3 is 2.65 bits per heavy atom. The number of methoxy groups -OCH3 is 1. The van der Waals surface area contributed by atoms with Crippen LogP contribution in [0.1, 0.15) is 28.3 Å². The van der Waals surface area contributed by atoms with Crippen molar-refractivity contribution in [2.45, 2.75) is 12.3 Å². The Morgan fingerprint density at radius 1 is 1.15 bits per heavy atom. The zero-order valence-corrected chi connectivity index (χ0v) is 11.4. The summed E-state index contributed by atoms with van der Waals surface area (Å²) < 4.78 is 5.13. The highest BCUT2D eigenvalue weighted by Gasteiger charge is 2.26. The fourth-order valence-electron chi connectivity index (χ4n) is 2.70. The highest BCUT2D eigenvalue weighted by Crippen LogP contribution is 2.33. The number of anilines is 1. The van der Waals surface area contributed by atoms with Crippen molar-refractivity contribution in [1.82, 2.24) is 0 Å². The van der Waals surface area contributed by atoms with Gasteiger partial charge in [0.2, 0.25) is 0 Å². The molecule has 0 saturated carbocycles. The predicted molar refractivity (Wildman–Crippen MR) is 79.6 cm³/mol. The molecule has 2 aromatic carbocycles. The Bertz CT molecular complexity index is 619. The quantitative estimate of drug-likeness (QED) is 0.865. The molecule has 1 aliphatic rings. The van der Waals surface area contributed by atoms with E-state index in [-0.39, 0.29) is 11.7 Å². The Hall–Kier alpha value is -2.29. The minimum Gasteiger partial charge on any atom is -0.497 e. The Kier molecular flexibility index (Phi) is 3.42. The third-order valence-corrected chi connectivity index (χ3v) is 3.78. The lowest BCUT2D eigenvalue weighted by molar-refractivity contribution is 0.0955. The molecule has 20 heavy (non-hydrogen) atoms. The molecule has 3 nitrogen and oxygen atoms in total. The molecule has 102 valence electrons. The minimum atomic E-state index is -0.0548. The zero-order chi connectivity index (χ0) is 13.9. The molecule has 0 saturated heterocycles. The molecule has 0 spiro atoms. The number of fused-ring (bicyclic) bond motifs is 1. The first kappa shape index (κ1) is 12.7. The Labute approximate surface area is 118 Å². The lowest BCUT2D eigenvalue weighted by Crippen LogP contribution is -2.23. The van der Waals surface area contributed by atoms with Gasteiger partial charge in [0, 0.05) is 17.8 Å². The molecule has 0 radical (unpaired) electrons. The van der Waals surface area contributed by atoms with Gasteiger partial charge in [-0.2, -0.15) is 0 Å². The van der Waals surface area contributed by atoms with E-state index in [4.69, 9.17) is 4.74 Å². The van der Waals surface area contributed by atoms with E-state index in [1.807, 2.05) is 48.5 Å². The van der Waals surface area contributed by atoms with E-state index in [9.17, 15) is 4.79 Å². The molecule has 1 aliphatic heterocycles. The summed E-state index contributed by atoms with van der Waals surface area (Å²) in [4.78, 5) is 12.7. The first-order valence-corrected chi connectivity index (χ1v) is 6.80. The van der Waals surface area contributed by atoms with Crippen molar-refractivity contribution < 1.29 is 9.53 Å². The number of benzene rings is 2. The molecule has 1 unspecified atom stereocenters. The van der Waals surface area contributed by atoms with E-state index in [1.165, 1.54) is 0 Å².